The van der Waals surface area contributed by atoms with Crippen LogP contribution >= 0.6 is 27.5 Å². The van der Waals surface area contributed by atoms with Crippen molar-refractivity contribution in [2.75, 3.05) is 4.90 Å². The fraction of sp³-hybridized carbons (Fsp3) is 0. The predicted molar refractivity (Wildman–Crippen MR) is 140 cm³/mol. The van der Waals surface area contributed by atoms with Crippen molar-refractivity contribution in [1.29, 1.82) is 0 Å². The second-order valence-electron chi connectivity index (χ2n) is 7.81. The molecule has 1 amide bonds. The maximum atomic E-state index is 13.6. The number of aromatic carboxylic acids is 1. The lowest BCUT2D eigenvalue weighted by Crippen LogP contribution is -2.25. The Hall–Kier alpha value is -3.87. The highest BCUT2D eigenvalue weighted by Gasteiger charge is 2.31. The Morgan fingerprint density at radius 1 is 0.943 bits per heavy atom. The fourth-order valence-corrected chi connectivity index (χ4v) is 4.33. The minimum atomic E-state index is -1.17. The third kappa shape index (κ3) is 4.58. The van der Waals surface area contributed by atoms with Crippen molar-refractivity contribution in [3.8, 4) is 11.3 Å². The summed E-state index contributed by atoms with van der Waals surface area (Å²) in [6.07, 6.45) is 3.45. The van der Waals surface area contributed by atoms with Crippen LogP contribution in [0.4, 0.5) is 5.69 Å². The van der Waals surface area contributed by atoms with Crippen LogP contribution in [0, 0.1) is 0 Å². The number of carboxylic acids is 1. The highest BCUT2D eigenvalue weighted by Crippen LogP contribution is 2.37. The summed E-state index contributed by atoms with van der Waals surface area (Å²) in [4.78, 5) is 26.7. The summed E-state index contributed by atoms with van der Waals surface area (Å²) in [6.45, 7) is 0. The Morgan fingerprint density at radius 3 is 2.40 bits per heavy atom. The molecule has 0 aliphatic carbocycles. The van der Waals surface area contributed by atoms with E-state index >= 15 is 0 Å². The zero-order valence-corrected chi connectivity index (χ0v) is 20.5. The quantitative estimate of drug-likeness (QED) is 0.263. The molecule has 1 aliphatic heterocycles. The summed E-state index contributed by atoms with van der Waals surface area (Å²) >= 11 is 9.49. The summed E-state index contributed by atoms with van der Waals surface area (Å²) in [6, 6.07) is 25.3. The number of rotatable bonds is 5. The average Bonchev–Trinajstić information content (AvgIpc) is 3.45. The molecule has 0 bridgehead atoms. The van der Waals surface area contributed by atoms with Gasteiger partial charge in [0.15, 0.2) is 0 Å². The number of carbonyl (C=O) groups is 2. The molecule has 0 spiro atoms. The van der Waals surface area contributed by atoms with Gasteiger partial charge in [0.05, 0.1) is 22.0 Å². The van der Waals surface area contributed by atoms with E-state index in [0.29, 0.717) is 28.5 Å². The monoisotopic (exact) mass is 545 g/mol. The van der Waals surface area contributed by atoms with Crippen LogP contribution in [-0.4, -0.2) is 17.0 Å². The van der Waals surface area contributed by atoms with Gasteiger partial charge in [0, 0.05) is 15.6 Å². The number of anilines is 1. The molecule has 7 heteroatoms. The highest BCUT2D eigenvalue weighted by molar-refractivity contribution is 9.10. The van der Waals surface area contributed by atoms with E-state index in [9.17, 15) is 14.7 Å². The van der Waals surface area contributed by atoms with E-state index in [2.05, 4.69) is 15.9 Å². The lowest BCUT2D eigenvalue weighted by atomic mass is 10.1. The second-order valence-corrected chi connectivity index (χ2v) is 9.14. The van der Waals surface area contributed by atoms with Gasteiger partial charge in [-0.3, -0.25) is 9.69 Å². The Morgan fingerprint density at radius 2 is 1.69 bits per heavy atom. The minimum Gasteiger partial charge on any atom is -0.478 e. The van der Waals surface area contributed by atoms with E-state index in [1.165, 1.54) is 17.0 Å². The zero-order chi connectivity index (χ0) is 24.5. The van der Waals surface area contributed by atoms with Gasteiger partial charge in [0.2, 0.25) is 0 Å². The topological polar surface area (TPSA) is 70.8 Å². The molecular weight excluding hydrogens is 530 g/mol. The van der Waals surface area contributed by atoms with Crippen LogP contribution < -0.4 is 4.90 Å². The molecule has 0 radical (unpaired) electrons. The first-order valence-corrected chi connectivity index (χ1v) is 11.8. The zero-order valence-electron chi connectivity index (χ0n) is 18.1. The Kier molecular flexibility index (Phi) is 6.16. The van der Waals surface area contributed by atoms with Gasteiger partial charge in [-0.2, -0.15) is 0 Å². The van der Waals surface area contributed by atoms with E-state index < -0.39 is 5.97 Å². The summed E-state index contributed by atoms with van der Waals surface area (Å²) in [5.74, 6) is -0.258. The molecular formula is C28H17BrClNO4. The summed E-state index contributed by atoms with van der Waals surface area (Å²) in [5.41, 5.74) is 3.09. The van der Waals surface area contributed by atoms with Gasteiger partial charge in [-0.25, -0.2) is 4.79 Å². The van der Waals surface area contributed by atoms with E-state index in [1.807, 2.05) is 60.7 Å². The van der Waals surface area contributed by atoms with Crippen molar-refractivity contribution < 1.29 is 19.1 Å². The lowest BCUT2D eigenvalue weighted by molar-refractivity contribution is -0.113. The van der Waals surface area contributed by atoms with Gasteiger partial charge in [-0.1, -0.05) is 70.0 Å². The Labute approximate surface area is 214 Å². The highest BCUT2D eigenvalue weighted by atomic mass is 79.9. The van der Waals surface area contributed by atoms with Crippen LogP contribution in [0.1, 0.15) is 21.7 Å². The summed E-state index contributed by atoms with van der Waals surface area (Å²) in [5, 5.41) is 9.61. The number of halogens is 2. The molecule has 5 rings (SSSR count). The van der Waals surface area contributed by atoms with Crippen molar-refractivity contribution in [2.24, 2.45) is 0 Å². The molecule has 1 aromatic heterocycles. The summed E-state index contributed by atoms with van der Waals surface area (Å²) < 4.78 is 6.95. The third-order valence-corrected chi connectivity index (χ3v) is 6.40. The normalized spacial score (nSPS) is 14.5. The minimum absolute atomic E-state index is 0.0769. The number of hydrogen-bond acceptors (Lipinski definition) is 3. The van der Waals surface area contributed by atoms with Gasteiger partial charge in [0.25, 0.3) is 5.91 Å². The maximum absolute atomic E-state index is 13.6. The van der Waals surface area contributed by atoms with Crippen LogP contribution in [0.3, 0.4) is 0 Å². The molecule has 0 fully saturated rings. The van der Waals surface area contributed by atoms with Crippen molar-refractivity contribution in [1.82, 2.24) is 0 Å². The number of amides is 1. The third-order valence-electron chi connectivity index (χ3n) is 5.54. The molecule has 1 N–H and O–H groups in total. The number of carbonyl (C=O) groups excluding carboxylic acids is 1. The van der Waals surface area contributed by atoms with E-state index in [-0.39, 0.29) is 16.5 Å². The molecule has 3 aromatic carbocycles. The van der Waals surface area contributed by atoms with Crippen LogP contribution in [-0.2, 0) is 4.79 Å². The Balaban J connectivity index is 1.56. The molecule has 0 atom stereocenters. The number of hydrogen-bond donors (Lipinski definition) is 1. The lowest BCUT2D eigenvalue weighted by Gasteiger charge is -2.21. The van der Waals surface area contributed by atoms with Gasteiger partial charge in [-0.15, -0.1) is 0 Å². The molecule has 0 unspecified atom stereocenters. The second kappa shape index (κ2) is 9.41. The largest absolute Gasteiger partial charge is 0.478 e. The molecule has 1 aliphatic rings. The first-order chi connectivity index (χ1) is 16.9. The van der Waals surface area contributed by atoms with Crippen molar-refractivity contribution in [3.05, 3.63) is 123 Å². The number of carboxylic acid groups (broad SMARTS) is 1. The fourth-order valence-electron chi connectivity index (χ4n) is 3.86. The first-order valence-electron chi connectivity index (χ1n) is 10.6. The van der Waals surface area contributed by atoms with Gasteiger partial charge in [-0.05, 0) is 60.2 Å². The molecule has 172 valence electrons. The Bertz CT molecular complexity index is 1500. The first kappa shape index (κ1) is 22.9. The van der Waals surface area contributed by atoms with Crippen LogP contribution in [0.5, 0.6) is 0 Å². The maximum Gasteiger partial charge on any atom is 0.337 e. The number of benzene rings is 3. The molecule has 4 aromatic rings. The molecule has 0 saturated carbocycles. The van der Waals surface area contributed by atoms with Gasteiger partial charge >= 0.3 is 5.97 Å². The molecule has 0 saturated heterocycles. The van der Waals surface area contributed by atoms with E-state index in [1.54, 1.807) is 24.3 Å². The van der Waals surface area contributed by atoms with Gasteiger partial charge < -0.3 is 9.52 Å². The van der Waals surface area contributed by atoms with Crippen molar-refractivity contribution >= 4 is 56.9 Å². The van der Waals surface area contributed by atoms with Crippen LogP contribution in [0.2, 0.25) is 5.02 Å². The van der Waals surface area contributed by atoms with E-state index in [4.69, 9.17) is 16.0 Å². The van der Waals surface area contributed by atoms with Crippen molar-refractivity contribution in [3.63, 3.8) is 0 Å². The molecule has 35 heavy (non-hydrogen) atoms. The smallest absolute Gasteiger partial charge is 0.337 e. The molecule has 2 heterocycles. The van der Waals surface area contributed by atoms with E-state index in [0.717, 1.165) is 15.6 Å². The van der Waals surface area contributed by atoms with Crippen molar-refractivity contribution in [2.45, 2.75) is 0 Å². The van der Waals surface area contributed by atoms with Crippen LogP contribution in [0.25, 0.3) is 23.1 Å². The number of furan rings is 1. The SMILES string of the molecule is O=C(O)c1cc(N2C(=O)/C(=C/c3ccc(-c4ccc(Br)cc4)o3)C=C2c2ccccc2)ccc1Cl. The predicted octanol–water partition coefficient (Wildman–Crippen LogP) is 7.53. The molecule has 5 nitrogen and oxygen atoms in total. The van der Waals surface area contributed by atoms with Crippen LogP contribution in [0.15, 0.2) is 105 Å². The standard InChI is InChI=1S/C28H17BrClNO4/c29-20-8-6-18(7-9-20)26-13-11-22(35-26)14-19-15-25(17-4-2-1-3-5-17)31(27(19)32)21-10-12-24(30)23(16-21)28(33)34/h1-16H,(H,33,34)/b19-14+. The number of nitrogens with zero attached hydrogens (tertiary/aromatic N) is 1. The van der Waals surface area contributed by atoms with Gasteiger partial charge in [0.1, 0.15) is 11.5 Å². The summed E-state index contributed by atoms with van der Waals surface area (Å²) in [7, 11) is 0. The average molecular weight is 547 g/mol.